The van der Waals surface area contributed by atoms with Crippen molar-refractivity contribution >= 4 is 29.8 Å². The molecule has 2 aromatic rings. The minimum atomic E-state index is -1.10. The highest BCUT2D eigenvalue weighted by atomic mass is 16.8. The van der Waals surface area contributed by atoms with Crippen molar-refractivity contribution in [3.05, 3.63) is 70.8 Å². The van der Waals surface area contributed by atoms with Crippen molar-refractivity contribution < 1.29 is 33.5 Å². The summed E-state index contributed by atoms with van der Waals surface area (Å²) in [4.78, 5) is 61.8. The molecule has 0 bridgehead atoms. The number of hydrogen-bond acceptors (Lipinski definition) is 7. The van der Waals surface area contributed by atoms with E-state index in [9.17, 15) is 24.0 Å². The molecule has 0 aliphatic carbocycles. The maximum atomic E-state index is 11.9. The molecule has 154 valence electrons. The van der Waals surface area contributed by atoms with Gasteiger partial charge in [-0.2, -0.15) is 0 Å². The Morgan fingerprint density at radius 1 is 0.767 bits per heavy atom. The third-order valence-electron chi connectivity index (χ3n) is 3.96. The van der Waals surface area contributed by atoms with Gasteiger partial charge in [-0.25, -0.2) is 4.79 Å². The van der Waals surface area contributed by atoms with Crippen molar-refractivity contribution in [2.75, 3.05) is 0 Å². The highest BCUT2D eigenvalue weighted by Crippen LogP contribution is 2.23. The van der Waals surface area contributed by atoms with Crippen LogP contribution in [-0.4, -0.2) is 40.4 Å². The smallest absolute Gasteiger partial charge is 0.427 e. The minimum absolute atomic E-state index is 0.205. The fourth-order valence-corrected chi connectivity index (χ4v) is 2.71. The molecule has 0 saturated carbocycles. The van der Waals surface area contributed by atoms with Gasteiger partial charge in [-0.3, -0.25) is 29.3 Å². The summed E-state index contributed by atoms with van der Waals surface area (Å²) in [7, 11) is 0. The lowest BCUT2D eigenvalue weighted by Gasteiger charge is -2.20. The summed E-state index contributed by atoms with van der Waals surface area (Å²) < 4.78 is 4.89. The SMILES string of the molecule is CC(C)(C)OC(=O)ON1C(=O)c2ccccc2C1=O.O=C1NC(=O)c2ccccc21. The molecule has 0 atom stereocenters. The lowest BCUT2D eigenvalue weighted by atomic mass is 10.1. The molecule has 2 aliphatic heterocycles. The van der Waals surface area contributed by atoms with E-state index in [1.54, 1.807) is 57.2 Å². The summed E-state index contributed by atoms with van der Waals surface area (Å²) >= 11 is 0. The fraction of sp³-hybridized carbons (Fsp3) is 0.190. The summed E-state index contributed by atoms with van der Waals surface area (Å²) in [6, 6.07) is 13.0. The standard InChI is InChI=1S/C13H13NO5.C8H5NO2/c1-13(2,3)18-12(17)19-14-10(15)8-6-4-5-7-9(8)11(14)16;10-7-5-3-1-2-4-6(5)8(11)9-7/h4-7H,1-3H3;1-4H,(H,9,10,11). The Kier molecular flexibility index (Phi) is 5.37. The van der Waals surface area contributed by atoms with E-state index >= 15 is 0 Å². The van der Waals surface area contributed by atoms with E-state index in [0.717, 1.165) is 0 Å². The van der Waals surface area contributed by atoms with Crippen molar-refractivity contribution in [2.24, 2.45) is 0 Å². The van der Waals surface area contributed by atoms with Crippen LogP contribution in [0, 0.1) is 0 Å². The zero-order chi connectivity index (χ0) is 22.1. The van der Waals surface area contributed by atoms with Crippen LogP contribution in [0.3, 0.4) is 0 Å². The Labute approximate surface area is 171 Å². The second-order valence-electron chi connectivity index (χ2n) is 7.33. The van der Waals surface area contributed by atoms with Crippen LogP contribution in [0.25, 0.3) is 0 Å². The van der Waals surface area contributed by atoms with Gasteiger partial charge in [0.15, 0.2) is 0 Å². The molecule has 0 unspecified atom stereocenters. The molecule has 4 rings (SSSR count). The molecule has 0 aromatic heterocycles. The van der Waals surface area contributed by atoms with Crippen LogP contribution in [0.15, 0.2) is 48.5 Å². The Bertz CT molecular complexity index is 1000. The van der Waals surface area contributed by atoms with Gasteiger partial charge in [-0.15, -0.1) is 0 Å². The Balaban J connectivity index is 0.000000196. The van der Waals surface area contributed by atoms with Gasteiger partial charge in [0.1, 0.15) is 5.60 Å². The van der Waals surface area contributed by atoms with Crippen LogP contribution in [0.1, 0.15) is 62.2 Å². The van der Waals surface area contributed by atoms with E-state index in [4.69, 9.17) is 4.74 Å². The van der Waals surface area contributed by atoms with Gasteiger partial charge in [-0.1, -0.05) is 29.3 Å². The van der Waals surface area contributed by atoms with Gasteiger partial charge in [0, 0.05) is 0 Å². The number of carbonyl (C=O) groups excluding carboxylic acids is 5. The van der Waals surface area contributed by atoms with Crippen LogP contribution in [-0.2, 0) is 9.57 Å². The van der Waals surface area contributed by atoms with E-state index in [2.05, 4.69) is 10.2 Å². The van der Waals surface area contributed by atoms with Crippen molar-refractivity contribution in [1.29, 1.82) is 0 Å². The van der Waals surface area contributed by atoms with E-state index in [0.29, 0.717) is 16.2 Å². The van der Waals surface area contributed by atoms with Gasteiger partial charge in [-0.05, 0) is 45.0 Å². The number of rotatable bonds is 1. The first kappa shape index (κ1) is 20.7. The number of fused-ring (bicyclic) bond motifs is 2. The number of carbonyl (C=O) groups is 5. The Morgan fingerprint density at radius 3 is 1.57 bits per heavy atom. The molecule has 0 fully saturated rings. The zero-order valence-corrected chi connectivity index (χ0v) is 16.4. The van der Waals surface area contributed by atoms with Crippen molar-refractivity contribution in [3.63, 3.8) is 0 Å². The number of nitrogens with zero attached hydrogens (tertiary/aromatic N) is 1. The van der Waals surface area contributed by atoms with E-state index in [-0.39, 0.29) is 22.9 Å². The van der Waals surface area contributed by atoms with Crippen LogP contribution in [0.5, 0.6) is 0 Å². The first-order valence-corrected chi connectivity index (χ1v) is 8.92. The predicted octanol–water partition coefficient (Wildman–Crippen LogP) is 2.72. The molecule has 30 heavy (non-hydrogen) atoms. The summed E-state index contributed by atoms with van der Waals surface area (Å²) in [6.45, 7) is 4.95. The van der Waals surface area contributed by atoms with Crippen molar-refractivity contribution in [2.45, 2.75) is 26.4 Å². The first-order valence-electron chi connectivity index (χ1n) is 8.92. The molecule has 1 N–H and O–H groups in total. The van der Waals surface area contributed by atoms with Gasteiger partial charge < -0.3 is 4.74 Å². The third kappa shape index (κ3) is 4.19. The average Bonchev–Trinajstić information content (AvgIpc) is 3.10. The molecule has 9 nitrogen and oxygen atoms in total. The summed E-state index contributed by atoms with van der Waals surface area (Å²) in [5, 5.41) is 2.62. The third-order valence-corrected chi connectivity index (χ3v) is 3.96. The van der Waals surface area contributed by atoms with Crippen LogP contribution < -0.4 is 5.32 Å². The lowest BCUT2D eigenvalue weighted by molar-refractivity contribution is -0.0943. The number of hydroxylamine groups is 2. The predicted molar refractivity (Wildman–Crippen MR) is 102 cm³/mol. The summed E-state index contributed by atoms with van der Waals surface area (Å²) in [6.07, 6.45) is -1.10. The van der Waals surface area contributed by atoms with Crippen LogP contribution in [0.2, 0.25) is 0 Å². The van der Waals surface area contributed by atoms with E-state index in [1.165, 1.54) is 12.1 Å². The normalized spacial score (nSPS) is 14.4. The second kappa shape index (κ2) is 7.78. The number of ether oxygens (including phenoxy) is 1. The molecule has 0 spiro atoms. The summed E-state index contributed by atoms with van der Waals surface area (Å²) in [5.41, 5.74) is 0.581. The maximum Gasteiger partial charge on any atom is 0.534 e. The highest BCUT2D eigenvalue weighted by Gasteiger charge is 2.39. The highest BCUT2D eigenvalue weighted by molar-refractivity contribution is 6.21. The minimum Gasteiger partial charge on any atom is -0.427 e. The van der Waals surface area contributed by atoms with Gasteiger partial charge in [0.05, 0.1) is 22.3 Å². The largest absolute Gasteiger partial charge is 0.534 e. The quantitative estimate of drug-likeness (QED) is 0.567. The molecule has 2 aliphatic rings. The lowest BCUT2D eigenvalue weighted by Crippen LogP contribution is -2.35. The fourth-order valence-electron chi connectivity index (χ4n) is 2.71. The zero-order valence-electron chi connectivity index (χ0n) is 16.4. The first-order chi connectivity index (χ1) is 14.1. The second-order valence-corrected chi connectivity index (χ2v) is 7.33. The molecule has 2 heterocycles. The summed E-state index contributed by atoms with van der Waals surface area (Å²) in [5.74, 6) is -1.95. The molecular weight excluding hydrogens is 392 g/mol. The molecule has 0 radical (unpaired) electrons. The van der Waals surface area contributed by atoms with Crippen LogP contribution >= 0.6 is 0 Å². The van der Waals surface area contributed by atoms with Crippen molar-refractivity contribution in [3.8, 4) is 0 Å². The number of imide groups is 2. The molecule has 4 amide bonds. The van der Waals surface area contributed by atoms with E-state index < -0.39 is 23.6 Å². The van der Waals surface area contributed by atoms with Gasteiger partial charge in [0.25, 0.3) is 23.6 Å². The Hall–Kier alpha value is -4.01. The molecule has 0 saturated heterocycles. The number of amides is 4. The number of hydrogen-bond donors (Lipinski definition) is 1. The molecule has 9 heteroatoms. The monoisotopic (exact) mass is 410 g/mol. The van der Waals surface area contributed by atoms with Crippen LogP contribution in [0.4, 0.5) is 4.79 Å². The topological polar surface area (TPSA) is 119 Å². The molecule has 2 aromatic carbocycles. The van der Waals surface area contributed by atoms with E-state index in [1.807, 2.05) is 0 Å². The Morgan fingerprint density at radius 2 is 1.17 bits per heavy atom. The molecular formula is C21H18N2O7. The van der Waals surface area contributed by atoms with Crippen molar-refractivity contribution in [1.82, 2.24) is 10.4 Å². The average molecular weight is 410 g/mol. The maximum absolute atomic E-state index is 11.9. The number of nitrogens with one attached hydrogen (secondary N) is 1. The van der Waals surface area contributed by atoms with Gasteiger partial charge >= 0.3 is 6.16 Å². The number of benzene rings is 2. The van der Waals surface area contributed by atoms with Gasteiger partial charge in [0.2, 0.25) is 0 Å².